The van der Waals surface area contributed by atoms with Crippen molar-refractivity contribution < 1.29 is 18.3 Å². The van der Waals surface area contributed by atoms with E-state index in [0.29, 0.717) is 17.0 Å². The van der Waals surface area contributed by atoms with Gasteiger partial charge in [0.15, 0.2) is 0 Å². The monoisotopic (exact) mass is 383 g/mol. The van der Waals surface area contributed by atoms with Crippen LogP contribution in [0.25, 0.3) is 0 Å². The molecule has 0 aliphatic carbocycles. The maximum absolute atomic E-state index is 13.8. The number of anilines is 3. The van der Waals surface area contributed by atoms with Crippen molar-refractivity contribution >= 4 is 23.1 Å². The Kier molecular flexibility index (Phi) is 5.84. The highest BCUT2D eigenvalue weighted by molar-refractivity contribution is 6.05. The lowest BCUT2D eigenvalue weighted by atomic mass is 10.2. The number of rotatable bonds is 6. The number of halogens is 2. The van der Waals surface area contributed by atoms with Gasteiger partial charge in [-0.2, -0.15) is 0 Å². The molecular formula is C21H19F2N3O2. The Bertz CT molecular complexity index is 993. The SMILES string of the molecule is CC(C)Oc1ccccc1NC(=O)c1ccnc(Nc2ccc(F)cc2F)c1. The van der Waals surface area contributed by atoms with E-state index in [-0.39, 0.29) is 23.5 Å². The molecule has 0 atom stereocenters. The summed E-state index contributed by atoms with van der Waals surface area (Å²) in [6, 6.07) is 13.3. The second kappa shape index (κ2) is 8.47. The van der Waals surface area contributed by atoms with Gasteiger partial charge in [0.25, 0.3) is 5.91 Å². The summed E-state index contributed by atoms with van der Waals surface area (Å²) >= 11 is 0. The molecule has 0 bridgehead atoms. The normalized spacial score (nSPS) is 10.6. The number of aromatic nitrogens is 1. The minimum Gasteiger partial charge on any atom is -0.489 e. The van der Waals surface area contributed by atoms with Crippen LogP contribution in [-0.2, 0) is 0 Å². The number of nitrogens with one attached hydrogen (secondary N) is 2. The second-order valence-corrected chi connectivity index (χ2v) is 6.30. The van der Waals surface area contributed by atoms with Crippen molar-refractivity contribution in [2.45, 2.75) is 20.0 Å². The summed E-state index contributed by atoms with van der Waals surface area (Å²) < 4.78 is 32.5. The molecule has 28 heavy (non-hydrogen) atoms. The van der Waals surface area contributed by atoms with Crippen molar-refractivity contribution in [3.63, 3.8) is 0 Å². The lowest BCUT2D eigenvalue weighted by Crippen LogP contribution is -2.15. The number of pyridine rings is 1. The molecule has 7 heteroatoms. The van der Waals surface area contributed by atoms with Gasteiger partial charge >= 0.3 is 0 Å². The molecule has 1 aromatic heterocycles. The minimum absolute atomic E-state index is 0.0413. The predicted octanol–water partition coefficient (Wildman–Crippen LogP) is 5.14. The molecule has 2 aromatic carbocycles. The Hall–Kier alpha value is -3.48. The molecule has 1 amide bonds. The zero-order valence-electron chi connectivity index (χ0n) is 15.4. The van der Waals surface area contributed by atoms with E-state index in [9.17, 15) is 13.6 Å². The van der Waals surface area contributed by atoms with Gasteiger partial charge in [0.05, 0.1) is 17.5 Å². The molecule has 3 rings (SSSR count). The molecule has 0 fully saturated rings. The third-order valence-electron chi connectivity index (χ3n) is 3.71. The van der Waals surface area contributed by atoms with Gasteiger partial charge in [-0.15, -0.1) is 0 Å². The fourth-order valence-corrected chi connectivity index (χ4v) is 2.49. The van der Waals surface area contributed by atoms with Crippen LogP contribution in [0.3, 0.4) is 0 Å². The highest BCUT2D eigenvalue weighted by Crippen LogP contribution is 2.26. The number of nitrogens with zero attached hydrogens (tertiary/aromatic N) is 1. The number of para-hydroxylation sites is 2. The number of carbonyl (C=O) groups is 1. The smallest absolute Gasteiger partial charge is 0.255 e. The average Bonchev–Trinajstić information content (AvgIpc) is 2.65. The first-order valence-corrected chi connectivity index (χ1v) is 8.67. The molecule has 0 radical (unpaired) electrons. The summed E-state index contributed by atoms with van der Waals surface area (Å²) in [5, 5.41) is 5.54. The Morgan fingerprint density at radius 2 is 1.82 bits per heavy atom. The first-order chi connectivity index (χ1) is 13.4. The third-order valence-corrected chi connectivity index (χ3v) is 3.71. The first kappa shape index (κ1) is 19.3. The highest BCUT2D eigenvalue weighted by Gasteiger charge is 2.12. The highest BCUT2D eigenvalue weighted by atomic mass is 19.1. The van der Waals surface area contributed by atoms with E-state index in [1.807, 2.05) is 19.9 Å². The topological polar surface area (TPSA) is 63.2 Å². The van der Waals surface area contributed by atoms with Gasteiger partial charge in [-0.25, -0.2) is 13.8 Å². The maximum atomic E-state index is 13.8. The lowest BCUT2D eigenvalue weighted by molar-refractivity contribution is 0.102. The standard InChI is InChI=1S/C21H19F2N3O2/c1-13(2)28-19-6-4-3-5-18(19)26-21(27)14-9-10-24-20(11-14)25-17-8-7-15(22)12-16(17)23/h3-13H,1-2H3,(H,24,25)(H,26,27). The Balaban J connectivity index is 1.78. The molecule has 2 N–H and O–H groups in total. The third kappa shape index (κ3) is 4.82. The van der Waals surface area contributed by atoms with Gasteiger partial charge < -0.3 is 15.4 Å². The van der Waals surface area contributed by atoms with Crippen molar-refractivity contribution in [3.05, 3.63) is 78.0 Å². The van der Waals surface area contributed by atoms with Crippen LogP contribution in [0.1, 0.15) is 24.2 Å². The molecule has 1 heterocycles. The van der Waals surface area contributed by atoms with Crippen LogP contribution in [0.2, 0.25) is 0 Å². The van der Waals surface area contributed by atoms with E-state index < -0.39 is 11.6 Å². The summed E-state index contributed by atoms with van der Waals surface area (Å²) in [6.07, 6.45) is 1.38. The molecule has 0 saturated carbocycles. The number of carbonyl (C=O) groups excluding carboxylic acids is 1. The first-order valence-electron chi connectivity index (χ1n) is 8.67. The van der Waals surface area contributed by atoms with Gasteiger partial charge in [0.1, 0.15) is 23.2 Å². The van der Waals surface area contributed by atoms with E-state index in [1.54, 1.807) is 18.2 Å². The zero-order valence-corrected chi connectivity index (χ0v) is 15.4. The van der Waals surface area contributed by atoms with Crippen LogP contribution in [0.5, 0.6) is 5.75 Å². The lowest BCUT2D eigenvalue weighted by Gasteiger charge is -2.15. The van der Waals surface area contributed by atoms with Crippen LogP contribution >= 0.6 is 0 Å². The van der Waals surface area contributed by atoms with Crippen LogP contribution in [0.4, 0.5) is 26.0 Å². The van der Waals surface area contributed by atoms with Gasteiger partial charge in [-0.1, -0.05) is 12.1 Å². The van der Waals surface area contributed by atoms with Gasteiger partial charge in [-0.05, 0) is 50.2 Å². The summed E-state index contributed by atoms with van der Waals surface area (Å²) in [4.78, 5) is 16.7. The molecular weight excluding hydrogens is 364 g/mol. The fourth-order valence-electron chi connectivity index (χ4n) is 2.49. The second-order valence-electron chi connectivity index (χ2n) is 6.30. The molecule has 0 unspecified atom stereocenters. The van der Waals surface area contributed by atoms with Crippen molar-refractivity contribution in [2.24, 2.45) is 0 Å². The number of benzene rings is 2. The van der Waals surface area contributed by atoms with E-state index in [0.717, 1.165) is 12.1 Å². The van der Waals surface area contributed by atoms with Crippen LogP contribution < -0.4 is 15.4 Å². The minimum atomic E-state index is -0.753. The zero-order chi connectivity index (χ0) is 20.1. The van der Waals surface area contributed by atoms with Crippen LogP contribution in [0, 0.1) is 11.6 Å². The van der Waals surface area contributed by atoms with Gasteiger partial charge in [-0.3, -0.25) is 4.79 Å². The summed E-state index contributed by atoms with van der Waals surface area (Å²) in [7, 11) is 0. The molecule has 144 valence electrons. The van der Waals surface area contributed by atoms with Crippen molar-refractivity contribution in [2.75, 3.05) is 10.6 Å². The maximum Gasteiger partial charge on any atom is 0.255 e. The average molecular weight is 383 g/mol. The van der Waals surface area contributed by atoms with Crippen molar-refractivity contribution in [3.8, 4) is 5.75 Å². The number of hydrogen-bond donors (Lipinski definition) is 2. The number of ether oxygens (including phenoxy) is 1. The molecule has 5 nitrogen and oxygen atoms in total. The van der Waals surface area contributed by atoms with E-state index in [2.05, 4.69) is 15.6 Å². The summed E-state index contributed by atoms with van der Waals surface area (Å²) in [5.74, 6) is -0.982. The van der Waals surface area contributed by atoms with Crippen molar-refractivity contribution in [1.29, 1.82) is 0 Å². The largest absolute Gasteiger partial charge is 0.489 e. The molecule has 3 aromatic rings. The van der Waals surface area contributed by atoms with Crippen LogP contribution in [-0.4, -0.2) is 17.0 Å². The van der Waals surface area contributed by atoms with E-state index >= 15 is 0 Å². The van der Waals surface area contributed by atoms with Gasteiger partial charge in [0, 0.05) is 17.8 Å². The predicted molar refractivity (Wildman–Crippen MR) is 104 cm³/mol. The number of hydrogen-bond acceptors (Lipinski definition) is 4. The van der Waals surface area contributed by atoms with E-state index in [1.165, 1.54) is 24.4 Å². The number of amides is 1. The quantitative estimate of drug-likeness (QED) is 0.618. The Morgan fingerprint density at radius 1 is 1.04 bits per heavy atom. The van der Waals surface area contributed by atoms with E-state index in [4.69, 9.17) is 4.74 Å². The molecule has 0 aliphatic rings. The van der Waals surface area contributed by atoms with Crippen molar-refractivity contribution in [1.82, 2.24) is 4.98 Å². The van der Waals surface area contributed by atoms with Gasteiger partial charge in [0.2, 0.25) is 0 Å². The fraction of sp³-hybridized carbons (Fsp3) is 0.143. The summed E-state index contributed by atoms with van der Waals surface area (Å²) in [5.41, 5.74) is 0.915. The Morgan fingerprint density at radius 3 is 2.57 bits per heavy atom. The molecule has 0 spiro atoms. The van der Waals surface area contributed by atoms with Crippen LogP contribution in [0.15, 0.2) is 60.8 Å². The summed E-state index contributed by atoms with van der Waals surface area (Å²) in [6.45, 7) is 3.79. The molecule has 0 saturated heterocycles. The molecule has 0 aliphatic heterocycles. The Labute approximate surface area is 161 Å².